The fourth-order valence-electron chi connectivity index (χ4n) is 2.20. The van der Waals surface area contributed by atoms with Crippen LogP contribution in [0, 0.1) is 0 Å². The molecule has 1 aliphatic rings. The molecule has 19 heavy (non-hydrogen) atoms. The van der Waals surface area contributed by atoms with Crippen LogP contribution in [0.2, 0.25) is 0 Å². The zero-order valence-electron chi connectivity index (χ0n) is 10.3. The highest BCUT2D eigenvalue weighted by atomic mass is 32.2. The van der Waals surface area contributed by atoms with Crippen LogP contribution in [0.1, 0.15) is 24.2 Å². The van der Waals surface area contributed by atoms with Crippen molar-refractivity contribution in [3.05, 3.63) is 41.7 Å². The summed E-state index contributed by atoms with van der Waals surface area (Å²) < 4.78 is 24.4. The van der Waals surface area contributed by atoms with Crippen LogP contribution in [-0.2, 0) is 22.9 Å². The van der Waals surface area contributed by atoms with Crippen LogP contribution >= 0.6 is 0 Å². The monoisotopic (exact) mass is 278 g/mol. The van der Waals surface area contributed by atoms with E-state index in [9.17, 15) is 8.42 Å². The van der Waals surface area contributed by atoms with Gasteiger partial charge in [-0.3, -0.25) is 0 Å². The molecular weight excluding hydrogens is 264 g/mol. The summed E-state index contributed by atoms with van der Waals surface area (Å²) in [5.74, 6) is 0. The summed E-state index contributed by atoms with van der Waals surface area (Å²) in [5, 5.41) is 7.91. The summed E-state index contributed by atoms with van der Waals surface area (Å²) in [6.45, 7) is 0. The molecule has 0 unspecified atom stereocenters. The van der Waals surface area contributed by atoms with Gasteiger partial charge >= 0.3 is 0 Å². The average Bonchev–Trinajstić information content (AvgIpc) is 2.83. The molecule has 0 saturated carbocycles. The first-order valence-electron chi connectivity index (χ1n) is 6.18. The van der Waals surface area contributed by atoms with E-state index in [-0.39, 0.29) is 4.90 Å². The van der Waals surface area contributed by atoms with Crippen molar-refractivity contribution >= 4 is 10.0 Å². The topological polar surface area (TPSA) is 76.9 Å². The second kappa shape index (κ2) is 4.65. The van der Waals surface area contributed by atoms with Crippen molar-refractivity contribution in [2.24, 2.45) is 0 Å². The molecule has 0 spiro atoms. The molecule has 2 aromatic rings. The number of rotatable bonds is 3. The van der Waals surface area contributed by atoms with Crippen LogP contribution in [-0.4, -0.2) is 23.5 Å². The minimum Gasteiger partial charge on any atom is -0.200 e. The van der Waals surface area contributed by atoms with Crippen molar-refractivity contribution in [2.75, 3.05) is 4.83 Å². The minimum atomic E-state index is -3.61. The molecule has 100 valence electrons. The average molecular weight is 278 g/mol. The van der Waals surface area contributed by atoms with Gasteiger partial charge in [-0.05, 0) is 43.0 Å². The molecule has 0 aliphatic heterocycles. The summed E-state index contributed by atoms with van der Waals surface area (Å²) in [4.78, 5) is 3.96. The van der Waals surface area contributed by atoms with Gasteiger partial charge in [0, 0.05) is 0 Å². The summed E-state index contributed by atoms with van der Waals surface area (Å²) in [6.07, 6.45) is 3.78. The molecule has 6 nitrogen and oxygen atoms in total. The van der Waals surface area contributed by atoms with E-state index in [1.165, 1.54) is 4.79 Å². The number of sulfonamides is 1. The second-order valence-corrected chi connectivity index (χ2v) is 6.17. The van der Waals surface area contributed by atoms with Gasteiger partial charge in [-0.15, -0.1) is 9.89 Å². The molecule has 0 atom stereocenters. The smallest absolute Gasteiger partial charge is 0.200 e. The first kappa shape index (κ1) is 12.2. The number of aryl methyl sites for hydroxylation is 1. The van der Waals surface area contributed by atoms with E-state index >= 15 is 0 Å². The van der Waals surface area contributed by atoms with Crippen molar-refractivity contribution in [3.63, 3.8) is 0 Å². The molecule has 0 saturated heterocycles. The number of hydrogen-bond donors (Lipinski definition) is 1. The Balaban J connectivity index is 1.91. The van der Waals surface area contributed by atoms with Gasteiger partial charge in [0.1, 0.15) is 0 Å². The van der Waals surface area contributed by atoms with Crippen molar-refractivity contribution in [2.45, 2.75) is 30.6 Å². The normalized spacial score (nSPS) is 14.9. The van der Waals surface area contributed by atoms with Crippen LogP contribution in [0.25, 0.3) is 0 Å². The third-order valence-corrected chi connectivity index (χ3v) is 4.49. The number of nitrogens with zero attached hydrogens (tertiary/aromatic N) is 3. The van der Waals surface area contributed by atoms with Gasteiger partial charge in [-0.1, -0.05) is 18.2 Å². The fourth-order valence-corrected chi connectivity index (χ4v) is 3.20. The molecule has 3 rings (SSSR count). The predicted molar refractivity (Wildman–Crippen MR) is 69.7 cm³/mol. The van der Waals surface area contributed by atoms with Crippen molar-refractivity contribution in [3.8, 4) is 0 Å². The molecule has 0 radical (unpaired) electrons. The van der Waals surface area contributed by atoms with Crippen LogP contribution in [0.15, 0.2) is 35.2 Å². The van der Waals surface area contributed by atoms with Crippen LogP contribution in [0.4, 0.5) is 0 Å². The van der Waals surface area contributed by atoms with Gasteiger partial charge in [0.25, 0.3) is 10.0 Å². The summed E-state index contributed by atoms with van der Waals surface area (Å²) >= 11 is 0. The first-order chi connectivity index (χ1) is 9.17. The number of hydrogen-bond acceptors (Lipinski definition) is 4. The SMILES string of the molecule is O=S(=O)(Nn1nnc2c1CCCC2)c1ccccc1. The quantitative estimate of drug-likeness (QED) is 0.911. The lowest BCUT2D eigenvalue weighted by Gasteiger charge is -2.13. The second-order valence-electron chi connectivity index (χ2n) is 4.51. The van der Waals surface area contributed by atoms with E-state index in [1.54, 1.807) is 30.3 Å². The molecule has 0 bridgehead atoms. The van der Waals surface area contributed by atoms with Gasteiger partial charge in [-0.25, -0.2) is 0 Å². The van der Waals surface area contributed by atoms with Crippen molar-refractivity contribution < 1.29 is 8.42 Å². The van der Waals surface area contributed by atoms with Gasteiger partial charge in [-0.2, -0.15) is 13.2 Å². The number of aromatic nitrogens is 3. The van der Waals surface area contributed by atoms with E-state index in [4.69, 9.17) is 0 Å². The van der Waals surface area contributed by atoms with Gasteiger partial charge in [0.05, 0.1) is 16.3 Å². The molecule has 0 amide bonds. The fraction of sp³-hybridized carbons (Fsp3) is 0.333. The lowest BCUT2D eigenvalue weighted by atomic mass is 10.0. The van der Waals surface area contributed by atoms with Gasteiger partial charge < -0.3 is 0 Å². The highest BCUT2D eigenvalue weighted by Gasteiger charge is 2.21. The lowest BCUT2D eigenvalue weighted by molar-refractivity contribution is 0.584. The highest BCUT2D eigenvalue weighted by molar-refractivity contribution is 7.92. The zero-order chi connectivity index (χ0) is 13.3. The number of nitrogens with one attached hydrogen (secondary N) is 1. The third-order valence-electron chi connectivity index (χ3n) is 3.18. The Kier molecular flexibility index (Phi) is 2.98. The summed E-state index contributed by atoms with van der Waals surface area (Å²) in [7, 11) is -3.61. The Morgan fingerprint density at radius 2 is 1.84 bits per heavy atom. The summed E-state index contributed by atoms with van der Waals surface area (Å²) in [5.41, 5.74) is 1.76. The van der Waals surface area contributed by atoms with Crippen molar-refractivity contribution in [1.29, 1.82) is 0 Å². The third kappa shape index (κ3) is 2.33. The van der Waals surface area contributed by atoms with Gasteiger partial charge in [0.2, 0.25) is 0 Å². The maximum atomic E-state index is 12.2. The Bertz CT molecular complexity index is 679. The Hall–Kier alpha value is -1.89. The zero-order valence-corrected chi connectivity index (χ0v) is 11.1. The lowest BCUT2D eigenvalue weighted by Crippen LogP contribution is -2.26. The Morgan fingerprint density at radius 3 is 2.63 bits per heavy atom. The predicted octanol–water partition coefficient (Wildman–Crippen LogP) is 1.09. The molecule has 7 heteroatoms. The van der Waals surface area contributed by atoms with Crippen LogP contribution < -0.4 is 4.83 Å². The van der Waals surface area contributed by atoms with E-state index in [0.29, 0.717) is 0 Å². The van der Waals surface area contributed by atoms with Crippen molar-refractivity contribution in [1.82, 2.24) is 15.1 Å². The molecule has 1 aromatic carbocycles. The largest absolute Gasteiger partial charge is 0.276 e. The standard InChI is InChI=1S/C12H14N4O2S/c17-19(18,10-6-2-1-3-7-10)15-16-12-9-5-4-8-11(12)13-14-16/h1-3,6-7,15H,4-5,8-9H2. The number of fused-ring (bicyclic) bond motifs is 1. The number of benzene rings is 1. The highest BCUT2D eigenvalue weighted by Crippen LogP contribution is 2.18. The Labute approximate surface area is 111 Å². The maximum absolute atomic E-state index is 12.2. The maximum Gasteiger partial charge on any atom is 0.276 e. The van der Waals surface area contributed by atoms with E-state index in [0.717, 1.165) is 37.1 Å². The van der Waals surface area contributed by atoms with Crippen LogP contribution in [0.5, 0.6) is 0 Å². The molecule has 1 aromatic heterocycles. The molecule has 1 N–H and O–H groups in total. The molecule has 0 fully saturated rings. The van der Waals surface area contributed by atoms with E-state index in [1.807, 2.05) is 0 Å². The van der Waals surface area contributed by atoms with Gasteiger partial charge in [0.15, 0.2) is 0 Å². The van der Waals surface area contributed by atoms with Crippen LogP contribution in [0.3, 0.4) is 0 Å². The molecule has 1 heterocycles. The minimum absolute atomic E-state index is 0.218. The first-order valence-corrected chi connectivity index (χ1v) is 7.66. The summed E-state index contributed by atoms with van der Waals surface area (Å²) in [6, 6.07) is 8.24. The molecular formula is C12H14N4O2S. The molecule has 1 aliphatic carbocycles. The Morgan fingerprint density at radius 1 is 1.11 bits per heavy atom. The van der Waals surface area contributed by atoms with E-state index in [2.05, 4.69) is 15.1 Å². The van der Waals surface area contributed by atoms with E-state index < -0.39 is 10.0 Å².